The molecule has 0 aliphatic carbocycles. The maximum Gasteiger partial charge on any atom is 0.191 e. The van der Waals surface area contributed by atoms with Crippen molar-refractivity contribution < 1.29 is 9.13 Å². The quantitative estimate of drug-likeness (QED) is 0.497. The molecule has 0 fully saturated rings. The summed E-state index contributed by atoms with van der Waals surface area (Å²) in [5, 5.41) is 6.65. The molecule has 0 amide bonds. The standard InChI is InChI=1S/C23H33FN4O/c1-17(19-7-9-21(29-5)10-8-19)12-13-26-23(25-2)27-15-18-6-11-22(24)20(14-18)16-28(3)4/h6-11,14,17H,12-13,15-16H2,1-5H3,(H2,25,26,27). The maximum absolute atomic E-state index is 13.9. The summed E-state index contributed by atoms with van der Waals surface area (Å²) in [6.07, 6.45) is 0.983. The molecule has 158 valence electrons. The first-order chi connectivity index (χ1) is 13.9. The molecule has 0 saturated carbocycles. The normalized spacial score (nSPS) is 12.7. The van der Waals surface area contributed by atoms with E-state index in [0.29, 0.717) is 24.6 Å². The lowest BCUT2D eigenvalue weighted by molar-refractivity contribution is 0.392. The van der Waals surface area contributed by atoms with Gasteiger partial charge in [0, 0.05) is 32.2 Å². The van der Waals surface area contributed by atoms with Crippen LogP contribution in [0.3, 0.4) is 0 Å². The lowest BCUT2D eigenvalue weighted by atomic mass is 9.98. The third kappa shape index (κ3) is 7.38. The largest absolute Gasteiger partial charge is 0.497 e. The summed E-state index contributed by atoms with van der Waals surface area (Å²) < 4.78 is 19.1. The van der Waals surface area contributed by atoms with E-state index in [9.17, 15) is 4.39 Å². The molecule has 2 aromatic rings. The molecule has 5 nitrogen and oxygen atoms in total. The fraction of sp³-hybridized carbons (Fsp3) is 0.435. The second-order valence-electron chi connectivity index (χ2n) is 7.48. The Hall–Kier alpha value is -2.60. The molecule has 6 heteroatoms. The smallest absolute Gasteiger partial charge is 0.191 e. The van der Waals surface area contributed by atoms with Crippen LogP contribution in [0.25, 0.3) is 0 Å². The molecule has 2 rings (SSSR count). The molecular weight excluding hydrogens is 367 g/mol. The van der Waals surface area contributed by atoms with Gasteiger partial charge in [0.1, 0.15) is 11.6 Å². The SMILES string of the molecule is CN=C(NCCC(C)c1ccc(OC)cc1)NCc1ccc(F)c(CN(C)C)c1. The van der Waals surface area contributed by atoms with Crippen molar-refractivity contribution in [3.63, 3.8) is 0 Å². The molecule has 1 unspecified atom stereocenters. The Morgan fingerprint density at radius 1 is 1.14 bits per heavy atom. The van der Waals surface area contributed by atoms with Crippen LogP contribution in [0.15, 0.2) is 47.5 Å². The van der Waals surface area contributed by atoms with Crippen LogP contribution in [0, 0.1) is 5.82 Å². The minimum atomic E-state index is -0.169. The zero-order valence-corrected chi connectivity index (χ0v) is 18.1. The first-order valence-electron chi connectivity index (χ1n) is 9.93. The Morgan fingerprint density at radius 3 is 2.48 bits per heavy atom. The molecule has 0 aliphatic heterocycles. The van der Waals surface area contributed by atoms with Crippen LogP contribution in [0.4, 0.5) is 4.39 Å². The van der Waals surface area contributed by atoms with Crippen molar-refractivity contribution in [2.75, 3.05) is 34.8 Å². The van der Waals surface area contributed by atoms with Gasteiger partial charge in [0.2, 0.25) is 0 Å². The van der Waals surface area contributed by atoms with Crippen molar-refractivity contribution in [2.45, 2.75) is 32.4 Å². The van der Waals surface area contributed by atoms with Crippen molar-refractivity contribution >= 4 is 5.96 Å². The highest BCUT2D eigenvalue weighted by molar-refractivity contribution is 5.79. The molecule has 2 aromatic carbocycles. The number of benzene rings is 2. The molecule has 0 aliphatic rings. The van der Waals surface area contributed by atoms with E-state index < -0.39 is 0 Å². The molecule has 0 heterocycles. The predicted molar refractivity (Wildman–Crippen MR) is 118 cm³/mol. The number of guanidine groups is 1. The lowest BCUT2D eigenvalue weighted by Gasteiger charge is -2.16. The summed E-state index contributed by atoms with van der Waals surface area (Å²) in [5.74, 6) is 1.87. The molecule has 0 saturated heterocycles. The summed E-state index contributed by atoms with van der Waals surface area (Å²) in [6.45, 7) is 4.19. The highest BCUT2D eigenvalue weighted by atomic mass is 19.1. The highest BCUT2D eigenvalue weighted by Crippen LogP contribution is 2.21. The number of ether oxygens (including phenoxy) is 1. The fourth-order valence-corrected chi connectivity index (χ4v) is 3.11. The van der Waals surface area contributed by atoms with E-state index in [2.05, 4.69) is 34.7 Å². The zero-order chi connectivity index (χ0) is 21.2. The van der Waals surface area contributed by atoms with Gasteiger partial charge in [-0.3, -0.25) is 4.99 Å². The van der Waals surface area contributed by atoms with Gasteiger partial charge in [-0.15, -0.1) is 0 Å². The van der Waals surface area contributed by atoms with Gasteiger partial charge in [-0.25, -0.2) is 4.39 Å². The summed E-state index contributed by atoms with van der Waals surface area (Å²) in [7, 11) is 7.30. The number of halogens is 1. The topological polar surface area (TPSA) is 48.9 Å². The number of aliphatic imine (C=N–C) groups is 1. The molecule has 2 N–H and O–H groups in total. The van der Waals surface area contributed by atoms with E-state index in [0.717, 1.165) is 30.2 Å². The Kier molecular flexibility index (Phi) is 8.93. The minimum absolute atomic E-state index is 0.169. The second-order valence-corrected chi connectivity index (χ2v) is 7.48. The summed E-state index contributed by atoms with van der Waals surface area (Å²) >= 11 is 0. The van der Waals surface area contributed by atoms with Crippen LogP contribution in [0.1, 0.15) is 36.0 Å². The van der Waals surface area contributed by atoms with Crippen LogP contribution in [0.5, 0.6) is 5.75 Å². The maximum atomic E-state index is 13.9. The second kappa shape index (κ2) is 11.4. The van der Waals surface area contributed by atoms with Gasteiger partial charge in [0.05, 0.1) is 7.11 Å². The third-order valence-electron chi connectivity index (χ3n) is 4.83. The van der Waals surface area contributed by atoms with E-state index in [-0.39, 0.29) is 5.82 Å². The van der Waals surface area contributed by atoms with Gasteiger partial charge in [0.25, 0.3) is 0 Å². The van der Waals surface area contributed by atoms with Crippen LogP contribution in [-0.4, -0.2) is 45.7 Å². The Balaban J connectivity index is 1.81. The number of nitrogens with one attached hydrogen (secondary N) is 2. The lowest BCUT2D eigenvalue weighted by Crippen LogP contribution is -2.37. The molecule has 1 atom stereocenters. The van der Waals surface area contributed by atoms with Crippen LogP contribution in [-0.2, 0) is 13.1 Å². The Labute approximate surface area is 174 Å². The Bertz CT molecular complexity index is 790. The first-order valence-corrected chi connectivity index (χ1v) is 9.93. The summed E-state index contributed by atoms with van der Waals surface area (Å²) in [6, 6.07) is 13.4. The van der Waals surface area contributed by atoms with Gasteiger partial charge >= 0.3 is 0 Å². The number of rotatable bonds is 9. The van der Waals surface area contributed by atoms with E-state index in [1.807, 2.05) is 37.2 Å². The monoisotopic (exact) mass is 400 g/mol. The number of hydrogen-bond acceptors (Lipinski definition) is 3. The van der Waals surface area contributed by atoms with Crippen LogP contribution in [0.2, 0.25) is 0 Å². The van der Waals surface area contributed by atoms with Gasteiger partial charge in [-0.2, -0.15) is 0 Å². The third-order valence-corrected chi connectivity index (χ3v) is 4.83. The van der Waals surface area contributed by atoms with E-state index in [1.165, 1.54) is 11.6 Å². The van der Waals surface area contributed by atoms with E-state index in [4.69, 9.17) is 4.74 Å². The Morgan fingerprint density at radius 2 is 1.86 bits per heavy atom. The molecule has 29 heavy (non-hydrogen) atoms. The number of methoxy groups -OCH3 is 1. The molecule has 0 aromatic heterocycles. The fourth-order valence-electron chi connectivity index (χ4n) is 3.11. The summed E-state index contributed by atoms with van der Waals surface area (Å²) in [5.41, 5.74) is 3.01. The predicted octanol–water partition coefficient (Wildman–Crippen LogP) is 3.75. The first kappa shape index (κ1) is 22.7. The molecule has 0 bridgehead atoms. The van der Waals surface area contributed by atoms with Gasteiger partial charge in [-0.1, -0.05) is 25.1 Å². The summed E-state index contributed by atoms with van der Waals surface area (Å²) in [4.78, 5) is 6.24. The van der Waals surface area contributed by atoms with Crippen LogP contribution < -0.4 is 15.4 Å². The van der Waals surface area contributed by atoms with Crippen molar-refractivity contribution in [2.24, 2.45) is 4.99 Å². The molecule has 0 spiro atoms. The van der Waals surface area contributed by atoms with E-state index in [1.54, 1.807) is 20.2 Å². The molecule has 0 radical (unpaired) electrons. The average Bonchev–Trinajstić information content (AvgIpc) is 2.72. The number of nitrogens with zero attached hydrogens (tertiary/aromatic N) is 2. The van der Waals surface area contributed by atoms with Crippen molar-refractivity contribution in [3.05, 3.63) is 65.0 Å². The average molecular weight is 401 g/mol. The van der Waals surface area contributed by atoms with Crippen molar-refractivity contribution in [3.8, 4) is 5.75 Å². The van der Waals surface area contributed by atoms with Gasteiger partial charge in [-0.05, 0) is 61.8 Å². The molecular formula is C23H33FN4O. The minimum Gasteiger partial charge on any atom is -0.497 e. The van der Waals surface area contributed by atoms with Crippen LogP contribution >= 0.6 is 0 Å². The zero-order valence-electron chi connectivity index (χ0n) is 18.1. The van der Waals surface area contributed by atoms with Gasteiger partial charge < -0.3 is 20.3 Å². The van der Waals surface area contributed by atoms with Gasteiger partial charge in [0.15, 0.2) is 5.96 Å². The highest BCUT2D eigenvalue weighted by Gasteiger charge is 2.08. The van der Waals surface area contributed by atoms with Crippen molar-refractivity contribution in [1.82, 2.24) is 15.5 Å². The van der Waals surface area contributed by atoms with E-state index >= 15 is 0 Å². The number of hydrogen-bond donors (Lipinski definition) is 2. The van der Waals surface area contributed by atoms with Crippen molar-refractivity contribution in [1.29, 1.82) is 0 Å².